The van der Waals surface area contributed by atoms with Gasteiger partial charge in [-0.15, -0.1) is 0 Å². The van der Waals surface area contributed by atoms with E-state index in [1.54, 1.807) is 18.1 Å². The van der Waals surface area contributed by atoms with Crippen molar-refractivity contribution < 1.29 is 18.7 Å². The van der Waals surface area contributed by atoms with Crippen molar-refractivity contribution in [3.05, 3.63) is 52.4 Å². The number of nitrogens with zero attached hydrogens (tertiary/aromatic N) is 2. The third-order valence-corrected chi connectivity index (χ3v) is 5.06. The van der Waals surface area contributed by atoms with Gasteiger partial charge in [-0.25, -0.2) is 4.79 Å². The number of hydrogen-bond acceptors (Lipinski definition) is 4. The van der Waals surface area contributed by atoms with Crippen LogP contribution in [0.5, 0.6) is 0 Å². The van der Waals surface area contributed by atoms with Crippen molar-refractivity contribution in [1.29, 1.82) is 0 Å². The number of urea groups is 1. The van der Waals surface area contributed by atoms with E-state index in [4.69, 9.17) is 9.15 Å². The van der Waals surface area contributed by atoms with Crippen LogP contribution >= 0.6 is 15.9 Å². The van der Waals surface area contributed by atoms with Crippen LogP contribution in [0.4, 0.5) is 10.5 Å². The summed E-state index contributed by atoms with van der Waals surface area (Å²) in [5, 5.41) is 2.86. The van der Waals surface area contributed by atoms with E-state index in [9.17, 15) is 9.59 Å². The van der Waals surface area contributed by atoms with Gasteiger partial charge in [-0.3, -0.25) is 4.79 Å². The molecule has 0 atom stereocenters. The molecule has 0 aliphatic heterocycles. The third kappa shape index (κ3) is 6.90. The Labute approximate surface area is 180 Å². The maximum Gasteiger partial charge on any atom is 0.322 e. The first-order chi connectivity index (χ1) is 13.8. The van der Waals surface area contributed by atoms with E-state index in [1.807, 2.05) is 51.1 Å². The Morgan fingerprint density at radius 2 is 1.93 bits per heavy atom. The van der Waals surface area contributed by atoms with Gasteiger partial charge in [0.05, 0.1) is 18.8 Å². The van der Waals surface area contributed by atoms with Crippen LogP contribution in [0.15, 0.2) is 45.3 Å². The first-order valence-corrected chi connectivity index (χ1v) is 10.2. The van der Waals surface area contributed by atoms with Crippen LogP contribution in [0.2, 0.25) is 0 Å². The molecule has 0 fully saturated rings. The third-order valence-electron chi connectivity index (χ3n) is 4.37. The molecule has 0 bridgehead atoms. The number of hydrogen-bond donors (Lipinski definition) is 1. The van der Waals surface area contributed by atoms with Crippen LogP contribution in [-0.4, -0.2) is 54.6 Å². The van der Waals surface area contributed by atoms with Crippen LogP contribution in [0.1, 0.15) is 25.4 Å². The summed E-state index contributed by atoms with van der Waals surface area (Å²) in [5.41, 5.74) is 0.651. The van der Waals surface area contributed by atoms with Crippen LogP contribution in [0.25, 0.3) is 0 Å². The van der Waals surface area contributed by atoms with Gasteiger partial charge in [0.1, 0.15) is 18.1 Å². The lowest BCUT2D eigenvalue weighted by Gasteiger charge is -2.30. The highest BCUT2D eigenvalue weighted by molar-refractivity contribution is 9.10. The average Bonchev–Trinajstić information content (AvgIpc) is 3.09. The van der Waals surface area contributed by atoms with E-state index in [-0.39, 0.29) is 24.5 Å². The molecule has 0 spiro atoms. The van der Waals surface area contributed by atoms with E-state index in [0.717, 1.165) is 10.2 Å². The molecule has 0 saturated heterocycles. The number of carbonyl (C=O) groups excluding carboxylic acids is 2. The number of para-hydroxylation sites is 1. The molecule has 0 radical (unpaired) electrons. The Bertz CT molecular complexity index is 822. The molecule has 3 amide bonds. The minimum atomic E-state index is -0.333. The fourth-order valence-electron chi connectivity index (χ4n) is 2.74. The Balaban J connectivity index is 2.09. The summed E-state index contributed by atoms with van der Waals surface area (Å²) in [4.78, 5) is 29.0. The highest BCUT2D eigenvalue weighted by Gasteiger charge is 2.24. The van der Waals surface area contributed by atoms with Crippen LogP contribution < -0.4 is 5.32 Å². The lowest BCUT2D eigenvalue weighted by atomic mass is 10.3. The second-order valence-corrected chi connectivity index (χ2v) is 7.81. The van der Waals surface area contributed by atoms with Crippen LogP contribution in [0.3, 0.4) is 0 Å². The molecule has 158 valence electrons. The molecule has 7 nitrogen and oxygen atoms in total. The molecule has 0 unspecified atom stereocenters. The van der Waals surface area contributed by atoms with Crippen LogP contribution in [0, 0.1) is 6.92 Å². The van der Waals surface area contributed by atoms with Gasteiger partial charge in [0.25, 0.3) is 0 Å². The molecular formula is C21H28BrN3O4. The average molecular weight is 466 g/mol. The van der Waals surface area contributed by atoms with Gasteiger partial charge in [-0.1, -0.05) is 12.1 Å². The van der Waals surface area contributed by atoms with Gasteiger partial charge in [0.15, 0.2) is 0 Å². The number of ether oxygens (including phenoxy) is 1. The van der Waals surface area contributed by atoms with E-state index >= 15 is 0 Å². The number of nitrogens with one attached hydrogen (secondary N) is 1. The van der Waals surface area contributed by atoms with Crippen LogP contribution in [-0.2, 0) is 16.1 Å². The van der Waals surface area contributed by atoms with E-state index < -0.39 is 0 Å². The minimum Gasteiger partial charge on any atom is -0.464 e. The fourth-order valence-corrected chi connectivity index (χ4v) is 3.12. The summed E-state index contributed by atoms with van der Waals surface area (Å²) in [6, 6.07) is 10.6. The molecule has 2 rings (SSSR count). The highest BCUT2D eigenvalue weighted by atomic mass is 79.9. The van der Waals surface area contributed by atoms with Crippen molar-refractivity contribution in [2.24, 2.45) is 0 Å². The first kappa shape index (κ1) is 23.0. The Morgan fingerprint density at radius 3 is 2.52 bits per heavy atom. The summed E-state index contributed by atoms with van der Waals surface area (Å²) in [6.07, 6.45) is 0. The molecule has 0 aliphatic rings. The molecule has 1 heterocycles. The maximum atomic E-state index is 13.0. The number of aryl methyl sites for hydroxylation is 1. The van der Waals surface area contributed by atoms with Crippen molar-refractivity contribution in [2.45, 2.75) is 33.4 Å². The van der Waals surface area contributed by atoms with Crippen molar-refractivity contribution in [1.82, 2.24) is 9.80 Å². The van der Waals surface area contributed by atoms with Gasteiger partial charge in [0, 0.05) is 24.2 Å². The minimum absolute atomic E-state index is 0.0443. The van der Waals surface area contributed by atoms with Gasteiger partial charge in [-0.2, -0.15) is 0 Å². The quantitative estimate of drug-likeness (QED) is 0.599. The normalized spacial score (nSPS) is 10.8. The summed E-state index contributed by atoms with van der Waals surface area (Å²) in [6.45, 7) is 6.70. The standard InChI is InChI=1S/C21H28BrN3O4/c1-15(2)25(21(27)23-19-8-6-5-7-18(19)22)14-20(26)24(11-12-28-4)13-17-10-9-16(3)29-17/h5-10,15H,11-14H2,1-4H3,(H,23,27). The summed E-state index contributed by atoms with van der Waals surface area (Å²) < 4.78 is 11.5. The first-order valence-electron chi connectivity index (χ1n) is 9.46. The zero-order chi connectivity index (χ0) is 21.4. The fraction of sp³-hybridized carbons (Fsp3) is 0.429. The predicted octanol–water partition coefficient (Wildman–Crippen LogP) is 4.27. The molecule has 2 aromatic rings. The predicted molar refractivity (Wildman–Crippen MR) is 116 cm³/mol. The number of halogens is 1. The second-order valence-electron chi connectivity index (χ2n) is 6.95. The SMILES string of the molecule is COCCN(Cc1ccc(C)o1)C(=O)CN(C(=O)Nc1ccccc1Br)C(C)C. The van der Waals surface area contributed by atoms with Crippen molar-refractivity contribution >= 4 is 33.6 Å². The lowest BCUT2D eigenvalue weighted by molar-refractivity contribution is -0.133. The Morgan fingerprint density at radius 1 is 1.21 bits per heavy atom. The number of carbonyl (C=O) groups is 2. The number of rotatable bonds is 9. The van der Waals surface area contributed by atoms with E-state index in [2.05, 4.69) is 21.2 Å². The molecule has 0 saturated carbocycles. The largest absolute Gasteiger partial charge is 0.464 e. The highest BCUT2D eigenvalue weighted by Crippen LogP contribution is 2.22. The number of benzene rings is 1. The molecule has 0 aliphatic carbocycles. The van der Waals surface area contributed by atoms with Crippen molar-refractivity contribution in [3.8, 4) is 0 Å². The number of amides is 3. The summed E-state index contributed by atoms with van der Waals surface area (Å²) >= 11 is 3.42. The van der Waals surface area contributed by atoms with Gasteiger partial charge in [-0.05, 0) is 61.0 Å². The smallest absolute Gasteiger partial charge is 0.322 e. The van der Waals surface area contributed by atoms with Crippen molar-refractivity contribution in [2.75, 3.05) is 32.1 Å². The summed E-state index contributed by atoms with van der Waals surface area (Å²) in [7, 11) is 1.59. The molecule has 1 aromatic carbocycles. The monoisotopic (exact) mass is 465 g/mol. The van der Waals surface area contributed by atoms with Crippen molar-refractivity contribution in [3.63, 3.8) is 0 Å². The number of methoxy groups -OCH3 is 1. The zero-order valence-electron chi connectivity index (χ0n) is 17.3. The molecule has 1 aromatic heterocycles. The second kappa shape index (κ2) is 11.0. The molecular weight excluding hydrogens is 438 g/mol. The van der Waals surface area contributed by atoms with E-state index in [1.165, 1.54) is 4.90 Å². The topological polar surface area (TPSA) is 75.0 Å². The molecule has 1 N–H and O–H groups in total. The zero-order valence-corrected chi connectivity index (χ0v) is 18.9. The molecule has 8 heteroatoms. The Hall–Kier alpha value is -2.32. The number of anilines is 1. The number of furan rings is 1. The Kier molecular flexibility index (Phi) is 8.72. The maximum absolute atomic E-state index is 13.0. The van der Waals surface area contributed by atoms with E-state index in [0.29, 0.717) is 31.1 Å². The van der Waals surface area contributed by atoms with Gasteiger partial charge < -0.3 is 24.3 Å². The van der Waals surface area contributed by atoms with Gasteiger partial charge >= 0.3 is 6.03 Å². The molecule has 29 heavy (non-hydrogen) atoms. The summed E-state index contributed by atoms with van der Waals surface area (Å²) in [5.74, 6) is 1.31. The lowest BCUT2D eigenvalue weighted by Crippen LogP contribution is -2.47. The van der Waals surface area contributed by atoms with Gasteiger partial charge in [0.2, 0.25) is 5.91 Å².